The van der Waals surface area contributed by atoms with E-state index in [2.05, 4.69) is 10.0 Å². The van der Waals surface area contributed by atoms with Crippen molar-refractivity contribution in [3.63, 3.8) is 0 Å². The number of benzene rings is 1. The van der Waals surface area contributed by atoms with Crippen molar-refractivity contribution in [3.8, 4) is 0 Å². The van der Waals surface area contributed by atoms with Crippen molar-refractivity contribution in [3.05, 3.63) is 27.7 Å². The van der Waals surface area contributed by atoms with Crippen molar-refractivity contribution < 1.29 is 8.42 Å². The van der Waals surface area contributed by atoms with Gasteiger partial charge < -0.3 is 5.32 Å². The number of hydrogen-bond donors (Lipinski definition) is 2. The number of rotatable bonds is 6. The van der Waals surface area contributed by atoms with Crippen LogP contribution in [0.2, 0.25) is 10.0 Å². The van der Waals surface area contributed by atoms with Gasteiger partial charge in [-0.05, 0) is 30.5 Å². The smallest absolute Gasteiger partial charge is 0.242 e. The molecule has 0 bridgehead atoms. The molecule has 0 aliphatic heterocycles. The maximum atomic E-state index is 12.0. The van der Waals surface area contributed by atoms with Crippen molar-refractivity contribution in [2.45, 2.75) is 37.2 Å². The van der Waals surface area contributed by atoms with Gasteiger partial charge >= 0.3 is 0 Å². The Morgan fingerprint density at radius 1 is 1.26 bits per heavy atom. The molecule has 7 heteroatoms. The summed E-state index contributed by atoms with van der Waals surface area (Å²) in [5.41, 5.74) is 0.745. The minimum Gasteiger partial charge on any atom is -0.310 e. The van der Waals surface area contributed by atoms with Crippen LogP contribution in [-0.4, -0.2) is 21.0 Å². The van der Waals surface area contributed by atoms with Gasteiger partial charge in [-0.2, -0.15) is 0 Å². The molecule has 0 aromatic heterocycles. The molecular formula is C12H16Cl2N2O2S. The first-order valence-corrected chi connectivity index (χ1v) is 8.39. The molecule has 0 spiro atoms. The Labute approximate surface area is 123 Å². The van der Waals surface area contributed by atoms with Gasteiger partial charge in [0, 0.05) is 24.2 Å². The van der Waals surface area contributed by atoms with E-state index in [0.29, 0.717) is 24.2 Å². The van der Waals surface area contributed by atoms with Crippen LogP contribution in [-0.2, 0) is 16.6 Å². The lowest BCUT2D eigenvalue weighted by molar-refractivity contribution is 0.583. The van der Waals surface area contributed by atoms with Crippen LogP contribution in [0.3, 0.4) is 0 Å². The van der Waals surface area contributed by atoms with Gasteiger partial charge in [-0.1, -0.05) is 30.1 Å². The fraction of sp³-hybridized carbons (Fsp3) is 0.500. The van der Waals surface area contributed by atoms with E-state index in [1.807, 2.05) is 0 Å². The zero-order valence-electron chi connectivity index (χ0n) is 10.5. The molecule has 0 radical (unpaired) electrons. The molecule has 2 N–H and O–H groups in total. The van der Waals surface area contributed by atoms with Crippen LogP contribution in [0, 0.1) is 0 Å². The van der Waals surface area contributed by atoms with Crippen molar-refractivity contribution in [2.75, 3.05) is 6.54 Å². The lowest BCUT2D eigenvalue weighted by Gasteiger charge is -2.11. The zero-order chi connectivity index (χ0) is 14.0. The van der Waals surface area contributed by atoms with Crippen LogP contribution in [0.25, 0.3) is 0 Å². The van der Waals surface area contributed by atoms with E-state index in [1.54, 1.807) is 6.92 Å². The summed E-state index contributed by atoms with van der Waals surface area (Å²) in [5.74, 6) is 0. The maximum Gasteiger partial charge on any atom is 0.242 e. The van der Waals surface area contributed by atoms with Crippen LogP contribution in [0.5, 0.6) is 0 Å². The van der Waals surface area contributed by atoms with E-state index in [4.69, 9.17) is 23.2 Å². The van der Waals surface area contributed by atoms with Gasteiger partial charge in [-0.15, -0.1) is 0 Å². The number of nitrogens with one attached hydrogen (secondary N) is 2. The Morgan fingerprint density at radius 2 is 1.95 bits per heavy atom. The molecular weight excluding hydrogens is 307 g/mol. The van der Waals surface area contributed by atoms with Crippen molar-refractivity contribution in [2.24, 2.45) is 0 Å². The molecule has 1 aromatic carbocycles. The lowest BCUT2D eigenvalue weighted by atomic mass is 10.2. The standard InChI is InChI=1S/C12H16Cl2N2O2S/c1-2-16-19(17,18)12-5-8(7-15-9-3-4-9)10(13)6-11(12)14/h5-6,9,15-16H,2-4,7H2,1H3. The second-order valence-corrected chi connectivity index (χ2v) is 7.08. The monoisotopic (exact) mass is 322 g/mol. The summed E-state index contributed by atoms with van der Waals surface area (Å²) in [6.45, 7) is 2.59. The summed E-state index contributed by atoms with van der Waals surface area (Å²) < 4.78 is 26.4. The van der Waals surface area contributed by atoms with Crippen LogP contribution in [0.1, 0.15) is 25.3 Å². The molecule has 4 nitrogen and oxygen atoms in total. The average Bonchev–Trinajstić information content (AvgIpc) is 3.11. The summed E-state index contributed by atoms with van der Waals surface area (Å²) >= 11 is 12.1. The summed E-state index contributed by atoms with van der Waals surface area (Å²) in [6, 6.07) is 3.55. The average molecular weight is 323 g/mol. The van der Waals surface area contributed by atoms with Gasteiger partial charge in [-0.25, -0.2) is 13.1 Å². The van der Waals surface area contributed by atoms with Gasteiger partial charge in [-0.3, -0.25) is 0 Å². The normalized spacial score (nSPS) is 15.7. The Balaban J connectivity index is 2.29. The Kier molecular flexibility index (Phi) is 4.74. The first-order valence-electron chi connectivity index (χ1n) is 6.15. The summed E-state index contributed by atoms with van der Waals surface area (Å²) in [7, 11) is -3.57. The highest BCUT2D eigenvalue weighted by atomic mass is 35.5. The maximum absolute atomic E-state index is 12.0. The predicted molar refractivity (Wildman–Crippen MR) is 77.2 cm³/mol. The van der Waals surface area contributed by atoms with Crippen LogP contribution >= 0.6 is 23.2 Å². The minimum atomic E-state index is -3.57. The van der Waals surface area contributed by atoms with Gasteiger partial charge in [0.15, 0.2) is 0 Å². The topological polar surface area (TPSA) is 58.2 Å². The molecule has 1 aromatic rings. The fourth-order valence-electron chi connectivity index (χ4n) is 1.72. The molecule has 19 heavy (non-hydrogen) atoms. The fourth-order valence-corrected chi connectivity index (χ4v) is 3.63. The molecule has 0 atom stereocenters. The third-order valence-electron chi connectivity index (χ3n) is 2.88. The highest BCUT2D eigenvalue weighted by Crippen LogP contribution is 2.29. The van der Waals surface area contributed by atoms with Gasteiger partial charge in [0.05, 0.1) is 5.02 Å². The van der Waals surface area contributed by atoms with E-state index in [1.165, 1.54) is 12.1 Å². The van der Waals surface area contributed by atoms with E-state index < -0.39 is 10.0 Å². The first-order chi connectivity index (χ1) is 8.94. The molecule has 1 fully saturated rings. The first kappa shape index (κ1) is 15.1. The largest absolute Gasteiger partial charge is 0.310 e. The number of hydrogen-bond acceptors (Lipinski definition) is 3. The second-order valence-electron chi connectivity index (χ2n) is 4.53. The molecule has 1 aliphatic carbocycles. The Hall–Kier alpha value is -0.330. The summed E-state index contributed by atoms with van der Waals surface area (Å²) in [4.78, 5) is 0.0769. The molecule has 2 rings (SSSR count). The minimum absolute atomic E-state index is 0.0769. The van der Waals surface area contributed by atoms with Crippen molar-refractivity contribution in [1.29, 1.82) is 0 Å². The molecule has 0 heterocycles. The summed E-state index contributed by atoms with van der Waals surface area (Å²) in [5, 5.41) is 3.92. The van der Waals surface area contributed by atoms with Gasteiger partial charge in [0.1, 0.15) is 4.90 Å². The van der Waals surface area contributed by atoms with E-state index >= 15 is 0 Å². The van der Waals surface area contributed by atoms with Crippen LogP contribution in [0.4, 0.5) is 0 Å². The molecule has 1 saturated carbocycles. The van der Waals surface area contributed by atoms with E-state index in [9.17, 15) is 8.42 Å². The third-order valence-corrected chi connectivity index (χ3v) is 5.25. The third kappa shape index (κ3) is 3.83. The van der Waals surface area contributed by atoms with E-state index in [-0.39, 0.29) is 9.92 Å². The van der Waals surface area contributed by atoms with Crippen molar-refractivity contribution >= 4 is 33.2 Å². The van der Waals surface area contributed by atoms with Crippen LogP contribution in [0.15, 0.2) is 17.0 Å². The zero-order valence-corrected chi connectivity index (χ0v) is 12.9. The highest BCUT2D eigenvalue weighted by molar-refractivity contribution is 7.89. The molecule has 106 valence electrons. The summed E-state index contributed by atoms with van der Waals surface area (Å²) in [6.07, 6.45) is 2.32. The van der Waals surface area contributed by atoms with Crippen molar-refractivity contribution in [1.82, 2.24) is 10.0 Å². The lowest BCUT2D eigenvalue weighted by Crippen LogP contribution is -2.24. The second kappa shape index (κ2) is 5.97. The predicted octanol–water partition coefficient (Wildman–Crippen LogP) is 2.54. The molecule has 0 unspecified atom stereocenters. The SMILES string of the molecule is CCNS(=O)(=O)c1cc(CNC2CC2)c(Cl)cc1Cl. The van der Waals surface area contributed by atoms with Gasteiger partial charge in [0.2, 0.25) is 10.0 Å². The highest BCUT2D eigenvalue weighted by Gasteiger charge is 2.22. The van der Waals surface area contributed by atoms with Gasteiger partial charge in [0.25, 0.3) is 0 Å². The Morgan fingerprint density at radius 3 is 2.53 bits per heavy atom. The van der Waals surface area contributed by atoms with Crippen LogP contribution < -0.4 is 10.0 Å². The molecule has 0 saturated heterocycles. The number of halogens is 2. The number of sulfonamides is 1. The molecule has 0 amide bonds. The van der Waals surface area contributed by atoms with E-state index in [0.717, 1.165) is 18.4 Å². The Bertz CT molecular complexity index is 571. The quantitative estimate of drug-likeness (QED) is 0.846. The molecule has 1 aliphatic rings.